The predicted octanol–water partition coefficient (Wildman–Crippen LogP) is 0.0173. The monoisotopic (exact) mass is 850 g/mol. The summed E-state index contributed by atoms with van der Waals surface area (Å²) in [5.74, 6) is -7.41. The summed E-state index contributed by atoms with van der Waals surface area (Å²) in [7, 11) is 2.67. The lowest BCUT2D eigenvalue weighted by Gasteiger charge is -2.34. The molecule has 61 heavy (non-hydrogen) atoms. The highest BCUT2D eigenvalue weighted by Gasteiger charge is 2.44. The van der Waals surface area contributed by atoms with Crippen molar-refractivity contribution in [2.24, 2.45) is 11.8 Å². The van der Waals surface area contributed by atoms with Crippen LogP contribution in [0.25, 0.3) is 0 Å². The van der Waals surface area contributed by atoms with Crippen LogP contribution in [0.2, 0.25) is 0 Å². The minimum Gasteiger partial charge on any atom is -0.505 e. The second kappa shape index (κ2) is 20.9. The first-order valence-electron chi connectivity index (χ1n) is 20.3. The van der Waals surface area contributed by atoms with Crippen molar-refractivity contribution in [2.45, 2.75) is 109 Å². The third kappa shape index (κ3) is 12.2. The van der Waals surface area contributed by atoms with Crippen LogP contribution in [-0.4, -0.2) is 147 Å². The molecule has 6 N–H and O–H groups in total. The van der Waals surface area contributed by atoms with E-state index in [4.69, 9.17) is 4.74 Å². The number of aliphatic hydroxyl groups excluding tert-OH is 1. The molecule has 1 unspecified atom stereocenters. The van der Waals surface area contributed by atoms with Crippen LogP contribution in [0.4, 0.5) is 0 Å². The summed E-state index contributed by atoms with van der Waals surface area (Å²) in [5.41, 5.74) is -0.147. The van der Waals surface area contributed by atoms with Crippen LogP contribution < -0.4 is 21.3 Å². The molecule has 4 rings (SSSR count). The standard InChI is InChI=1S/C42H58N8O11/c1-22(2)17-28-36(54)44-24(5)39(57)49(8)35(26-13-10-9-11-14-26)42(60)61-25(6)33(47-38(56)34-31(52)15-12-16-43-34)37(55)46-29(18-23(3)4)40(58)50-20-27(51)19-30(50)41(59)48(7)21-32(53)45-28/h9-16,22-25,27-30,33,35,51-52H,17-21H2,1-8H3,(H,44,54)(H,45,53)(H,46,55)(H,47,56)/t24-,25+,27+,28?,29+,30+,33-,35-/m0/s1. The van der Waals surface area contributed by atoms with Gasteiger partial charge in [-0.05, 0) is 56.2 Å². The van der Waals surface area contributed by atoms with Gasteiger partial charge in [0.2, 0.25) is 35.4 Å². The number of cyclic esters (lactones) is 1. The van der Waals surface area contributed by atoms with E-state index in [-0.39, 0.29) is 37.6 Å². The van der Waals surface area contributed by atoms with Crippen molar-refractivity contribution in [3.8, 4) is 5.75 Å². The molecule has 1 aromatic carbocycles. The molecule has 8 atom stereocenters. The molecule has 0 aliphatic carbocycles. The molecule has 1 aromatic heterocycles. The minimum absolute atomic E-state index is 0.0344. The number of carbonyl (C=O) groups excluding carboxylic acids is 8. The van der Waals surface area contributed by atoms with Crippen LogP contribution in [0.1, 0.15) is 82.9 Å². The number of hydrogen-bond donors (Lipinski definition) is 6. The van der Waals surface area contributed by atoms with Crippen molar-refractivity contribution in [1.29, 1.82) is 0 Å². The number of aliphatic hydroxyl groups is 1. The SMILES string of the molecule is CC(C)CC1NC(=O)CN(C)C(=O)[C@H]2C[C@@H](O)CN2C(=O)[C@@H](CC(C)C)NC(=O)[C@@H](NC(=O)c2ncccc2O)[C@@H](C)OC(=O)[C@H](c2ccccc2)N(C)C(=O)[C@H](C)NC1=O. The van der Waals surface area contributed by atoms with Crippen molar-refractivity contribution in [1.82, 2.24) is 41.0 Å². The highest BCUT2D eigenvalue weighted by molar-refractivity contribution is 6.00. The summed E-state index contributed by atoms with van der Waals surface area (Å²) in [6, 6.07) is 2.58. The number of hydrogen-bond acceptors (Lipinski definition) is 12. The fourth-order valence-electron chi connectivity index (χ4n) is 7.39. The van der Waals surface area contributed by atoms with Crippen LogP contribution in [-0.2, 0) is 38.3 Å². The Labute approximate surface area is 354 Å². The van der Waals surface area contributed by atoms with Gasteiger partial charge in [-0.1, -0.05) is 58.0 Å². The quantitative estimate of drug-likeness (QED) is 0.202. The average Bonchev–Trinajstić information content (AvgIpc) is 3.59. The summed E-state index contributed by atoms with van der Waals surface area (Å²) >= 11 is 0. The molecule has 19 nitrogen and oxygen atoms in total. The normalized spacial score (nSPS) is 26.8. The number of nitrogens with one attached hydrogen (secondary N) is 4. The lowest BCUT2D eigenvalue weighted by atomic mass is 10.0. The third-order valence-corrected chi connectivity index (χ3v) is 10.4. The molecule has 2 fully saturated rings. The molecule has 3 heterocycles. The number of pyridine rings is 1. The lowest BCUT2D eigenvalue weighted by molar-refractivity contribution is -0.161. The summed E-state index contributed by atoms with van der Waals surface area (Å²) in [4.78, 5) is 119. The first-order valence-corrected chi connectivity index (χ1v) is 20.3. The average molecular weight is 851 g/mol. The lowest BCUT2D eigenvalue weighted by Crippen LogP contribution is -2.60. The molecule has 0 spiro atoms. The molecule has 2 aromatic rings. The predicted molar refractivity (Wildman–Crippen MR) is 219 cm³/mol. The minimum atomic E-state index is -1.74. The fraction of sp³-hybridized carbons (Fsp3) is 0.548. The molecule has 19 heteroatoms. The van der Waals surface area contributed by atoms with Crippen LogP contribution in [0.3, 0.4) is 0 Å². The third-order valence-electron chi connectivity index (χ3n) is 10.4. The summed E-state index contributed by atoms with van der Waals surface area (Å²) in [6.07, 6.45) is -1.35. The van der Waals surface area contributed by atoms with Gasteiger partial charge in [-0.2, -0.15) is 0 Å². The van der Waals surface area contributed by atoms with Gasteiger partial charge in [0, 0.05) is 33.3 Å². The van der Waals surface area contributed by atoms with E-state index in [1.807, 2.05) is 13.8 Å². The molecule has 2 aliphatic heterocycles. The maximum Gasteiger partial charge on any atom is 0.333 e. The Kier molecular flexibility index (Phi) is 16.3. The number of likely N-dealkylation sites (N-methyl/N-ethyl adjacent to an activating group) is 2. The van der Waals surface area contributed by atoms with E-state index in [1.165, 1.54) is 46.3 Å². The molecule has 7 amide bonds. The number of benzene rings is 1. The van der Waals surface area contributed by atoms with E-state index in [1.54, 1.807) is 44.2 Å². The molecular weight excluding hydrogens is 793 g/mol. The van der Waals surface area contributed by atoms with Gasteiger partial charge in [0.05, 0.1) is 12.6 Å². The van der Waals surface area contributed by atoms with Gasteiger partial charge < -0.3 is 50.9 Å². The second-order valence-corrected chi connectivity index (χ2v) is 16.5. The molecule has 0 saturated carbocycles. The Balaban J connectivity index is 1.82. The van der Waals surface area contributed by atoms with E-state index in [9.17, 15) is 48.6 Å². The summed E-state index contributed by atoms with van der Waals surface area (Å²) in [6.45, 7) is 9.18. The van der Waals surface area contributed by atoms with Crippen LogP contribution in [0.15, 0.2) is 48.7 Å². The Hall–Kier alpha value is -6.11. The topological polar surface area (TPSA) is 257 Å². The van der Waals surface area contributed by atoms with E-state index in [0.717, 1.165) is 14.7 Å². The van der Waals surface area contributed by atoms with Gasteiger partial charge in [0.25, 0.3) is 5.91 Å². The maximum absolute atomic E-state index is 14.4. The number of carbonyl (C=O) groups is 8. The van der Waals surface area contributed by atoms with Crippen molar-refractivity contribution in [3.63, 3.8) is 0 Å². The zero-order valence-corrected chi connectivity index (χ0v) is 35.8. The number of aromatic nitrogens is 1. The molecule has 332 valence electrons. The number of esters is 1. The Morgan fingerprint density at radius 2 is 1.49 bits per heavy atom. The van der Waals surface area contributed by atoms with Crippen molar-refractivity contribution >= 4 is 47.3 Å². The molecule has 2 aliphatic rings. The Morgan fingerprint density at radius 3 is 2.11 bits per heavy atom. The maximum atomic E-state index is 14.4. The Bertz CT molecular complexity index is 1950. The number of rotatable bonds is 7. The van der Waals surface area contributed by atoms with Crippen molar-refractivity contribution in [2.75, 3.05) is 27.2 Å². The second-order valence-electron chi connectivity index (χ2n) is 16.5. The molecule has 0 bridgehead atoms. The first-order chi connectivity index (χ1) is 28.7. The van der Waals surface area contributed by atoms with E-state index in [2.05, 4.69) is 26.3 Å². The van der Waals surface area contributed by atoms with Gasteiger partial charge >= 0.3 is 5.97 Å². The Morgan fingerprint density at radius 1 is 0.852 bits per heavy atom. The molecular formula is C42H58N8O11. The smallest absolute Gasteiger partial charge is 0.333 e. The van der Waals surface area contributed by atoms with Gasteiger partial charge in [-0.15, -0.1) is 0 Å². The van der Waals surface area contributed by atoms with Crippen molar-refractivity contribution in [3.05, 3.63) is 59.9 Å². The van der Waals surface area contributed by atoms with Crippen LogP contribution in [0.5, 0.6) is 5.75 Å². The van der Waals surface area contributed by atoms with E-state index in [0.29, 0.717) is 5.56 Å². The van der Waals surface area contributed by atoms with E-state index >= 15 is 0 Å². The molecule has 2 saturated heterocycles. The fourth-order valence-corrected chi connectivity index (χ4v) is 7.39. The zero-order chi connectivity index (χ0) is 45.3. The number of nitrogens with zero attached hydrogens (tertiary/aromatic N) is 4. The van der Waals surface area contributed by atoms with Gasteiger partial charge in [0.15, 0.2) is 11.7 Å². The number of aromatic hydroxyl groups is 1. The van der Waals surface area contributed by atoms with E-state index < -0.39 is 114 Å². The summed E-state index contributed by atoms with van der Waals surface area (Å²) < 4.78 is 5.88. The largest absolute Gasteiger partial charge is 0.505 e. The zero-order valence-electron chi connectivity index (χ0n) is 35.8. The molecule has 0 radical (unpaired) electrons. The van der Waals surface area contributed by atoms with Crippen LogP contribution >= 0.6 is 0 Å². The number of ether oxygens (including phenoxy) is 1. The van der Waals surface area contributed by atoms with Crippen LogP contribution in [0, 0.1) is 11.8 Å². The summed E-state index contributed by atoms with van der Waals surface area (Å²) in [5, 5.41) is 31.5. The van der Waals surface area contributed by atoms with Gasteiger partial charge in [0.1, 0.15) is 42.1 Å². The number of fused-ring (bicyclic) bond motifs is 1. The highest BCUT2D eigenvalue weighted by atomic mass is 16.5. The highest BCUT2D eigenvalue weighted by Crippen LogP contribution is 2.25. The first kappa shape index (κ1) is 47.6. The van der Waals surface area contributed by atoms with Gasteiger partial charge in [-0.3, -0.25) is 33.6 Å². The van der Waals surface area contributed by atoms with Crippen molar-refractivity contribution < 1.29 is 53.3 Å². The van der Waals surface area contributed by atoms with Gasteiger partial charge in [-0.25, -0.2) is 9.78 Å². The number of amides is 7.